The number of anilines is 1. The third-order valence-corrected chi connectivity index (χ3v) is 5.73. The summed E-state index contributed by atoms with van der Waals surface area (Å²) in [4.78, 5) is 29.0. The average molecular weight is 496 g/mol. The molecule has 9 nitrogen and oxygen atoms in total. The number of halogens is 1. The Morgan fingerprint density at radius 1 is 1.22 bits per heavy atom. The van der Waals surface area contributed by atoms with Crippen LogP contribution in [0.5, 0.6) is 0 Å². The molecule has 3 rings (SSSR count). The number of amides is 1. The quantitative estimate of drug-likeness (QED) is 0.438. The van der Waals surface area contributed by atoms with Gasteiger partial charge in [-0.3, -0.25) is 9.59 Å². The maximum Gasteiger partial charge on any atom is 0.306 e. The molecule has 1 amide bonds. The van der Waals surface area contributed by atoms with Crippen molar-refractivity contribution in [1.29, 1.82) is 5.26 Å². The van der Waals surface area contributed by atoms with Crippen molar-refractivity contribution >= 4 is 17.7 Å². The zero-order valence-corrected chi connectivity index (χ0v) is 21.1. The van der Waals surface area contributed by atoms with Crippen LogP contribution in [0.3, 0.4) is 0 Å². The molecule has 1 N–H and O–H groups in total. The summed E-state index contributed by atoms with van der Waals surface area (Å²) in [6.07, 6.45) is 0.943. The maximum absolute atomic E-state index is 13.3. The zero-order valence-electron chi connectivity index (χ0n) is 21.1. The third-order valence-electron chi connectivity index (χ3n) is 5.73. The molecule has 0 aliphatic heterocycles. The first kappa shape index (κ1) is 26.6. The van der Waals surface area contributed by atoms with Crippen molar-refractivity contribution in [2.45, 2.75) is 65.8 Å². The van der Waals surface area contributed by atoms with Crippen molar-refractivity contribution in [3.8, 4) is 6.07 Å². The van der Waals surface area contributed by atoms with Crippen LogP contribution in [0.25, 0.3) is 0 Å². The highest BCUT2D eigenvalue weighted by Gasteiger charge is 2.22. The number of carbonyl (C=O) groups excluding carboxylic acids is 2. The number of hydrogen-bond donors (Lipinski definition) is 1. The van der Waals surface area contributed by atoms with Crippen molar-refractivity contribution in [3.05, 3.63) is 64.2 Å². The Morgan fingerprint density at radius 2 is 1.92 bits per heavy atom. The second-order valence-corrected chi connectivity index (χ2v) is 9.58. The highest BCUT2D eigenvalue weighted by atomic mass is 19.1. The van der Waals surface area contributed by atoms with Gasteiger partial charge in [0.25, 0.3) is 5.91 Å². The van der Waals surface area contributed by atoms with Gasteiger partial charge in [-0.25, -0.2) is 4.39 Å². The SMILES string of the molecule is Cc1c(C#N)c(NC(=O)COC(=O)CCCc2nc(C(C)(C)C)no2)n(Cc2ccc(F)cc2)c1C. The molecule has 0 saturated carbocycles. The normalized spacial score (nSPS) is 11.2. The van der Waals surface area contributed by atoms with Crippen LogP contribution in [0.1, 0.15) is 67.7 Å². The lowest BCUT2D eigenvalue weighted by Crippen LogP contribution is -2.23. The fraction of sp³-hybridized carbons (Fsp3) is 0.423. The number of esters is 1. The van der Waals surface area contributed by atoms with E-state index < -0.39 is 18.5 Å². The van der Waals surface area contributed by atoms with E-state index >= 15 is 0 Å². The minimum Gasteiger partial charge on any atom is -0.456 e. The third kappa shape index (κ3) is 6.56. The number of nitrogens with zero attached hydrogens (tertiary/aromatic N) is 4. The second-order valence-electron chi connectivity index (χ2n) is 9.58. The Labute approximate surface area is 209 Å². The van der Waals surface area contributed by atoms with E-state index in [0.717, 1.165) is 16.8 Å². The molecule has 0 aliphatic rings. The molecule has 190 valence electrons. The number of aryl methyl sites for hydroxylation is 1. The second kappa shape index (κ2) is 11.2. The van der Waals surface area contributed by atoms with Crippen LogP contribution < -0.4 is 5.32 Å². The summed E-state index contributed by atoms with van der Waals surface area (Å²) >= 11 is 0. The van der Waals surface area contributed by atoms with Gasteiger partial charge in [-0.2, -0.15) is 10.2 Å². The van der Waals surface area contributed by atoms with E-state index in [1.165, 1.54) is 12.1 Å². The minimum atomic E-state index is -0.565. The summed E-state index contributed by atoms with van der Waals surface area (Å²) in [5, 5.41) is 16.3. The number of nitrogens with one attached hydrogen (secondary N) is 1. The summed E-state index contributed by atoms with van der Waals surface area (Å²) in [5.74, 6) is -0.0899. The van der Waals surface area contributed by atoms with Gasteiger partial charge in [-0.1, -0.05) is 38.1 Å². The van der Waals surface area contributed by atoms with Crippen molar-refractivity contribution in [2.24, 2.45) is 0 Å². The summed E-state index contributed by atoms with van der Waals surface area (Å²) < 4.78 is 25.4. The van der Waals surface area contributed by atoms with Crippen molar-refractivity contribution in [2.75, 3.05) is 11.9 Å². The van der Waals surface area contributed by atoms with Gasteiger partial charge in [0.2, 0.25) is 5.89 Å². The van der Waals surface area contributed by atoms with Crippen LogP contribution in [0.4, 0.5) is 10.2 Å². The number of hydrogen-bond acceptors (Lipinski definition) is 7. The Kier molecular flexibility index (Phi) is 8.25. The predicted octanol–water partition coefficient (Wildman–Crippen LogP) is 4.35. The molecule has 0 spiro atoms. The molecule has 0 atom stereocenters. The average Bonchev–Trinajstić information content (AvgIpc) is 3.38. The molecule has 0 aliphatic carbocycles. The highest BCUT2D eigenvalue weighted by Crippen LogP contribution is 2.27. The lowest BCUT2D eigenvalue weighted by molar-refractivity contribution is -0.147. The molecular formula is C26H30FN5O4. The lowest BCUT2D eigenvalue weighted by Gasteiger charge is -2.13. The van der Waals surface area contributed by atoms with E-state index in [4.69, 9.17) is 9.26 Å². The van der Waals surface area contributed by atoms with E-state index in [1.807, 2.05) is 27.7 Å². The molecule has 0 unspecified atom stereocenters. The molecule has 1 aromatic carbocycles. The summed E-state index contributed by atoms with van der Waals surface area (Å²) in [6.45, 7) is 9.40. The van der Waals surface area contributed by atoms with E-state index in [1.54, 1.807) is 23.6 Å². The molecule has 36 heavy (non-hydrogen) atoms. The molecule has 10 heteroatoms. The molecular weight excluding hydrogens is 465 g/mol. The number of ether oxygens (including phenoxy) is 1. The molecule has 2 aromatic heterocycles. The van der Waals surface area contributed by atoms with Crippen LogP contribution in [0.2, 0.25) is 0 Å². The fourth-order valence-electron chi connectivity index (χ4n) is 3.53. The van der Waals surface area contributed by atoms with Crippen molar-refractivity contribution in [1.82, 2.24) is 14.7 Å². The van der Waals surface area contributed by atoms with Gasteiger partial charge in [0.05, 0.1) is 5.56 Å². The summed E-state index contributed by atoms with van der Waals surface area (Å²) in [7, 11) is 0. The summed E-state index contributed by atoms with van der Waals surface area (Å²) in [5.41, 5.74) is 2.41. The number of benzene rings is 1. The van der Waals surface area contributed by atoms with E-state index in [9.17, 15) is 19.2 Å². The van der Waals surface area contributed by atoms with Crippen LogP contribution in [-0.4, -0.2) is 33.2 Å². The van der Waals surface area contributed by atoms with Crippen LogP contribution >= 0.6 is 0 Å². The smallest absolute Gasteiger partial charge is 0.306 e. The van der Waals surface area contributed by atoms with Crippen LogP contribution in [-0.2, 0) is 32.7 Å². The molecule has 2 heterocycles. The predicted molar refractivity (Wildman–Crippen MR) is 130 cm³/mol. The van der Waals surface area contributed by atoms with E-state index in [2.05, 4.69) is 21.5 Å². The standard InChI is InChI=1S/C26H30FN5O4/c1-16-17(2)32(14-18-9-11-19(27)12-10-18)24(20(16)13-28)29-21(33)15-35-23(34)8-6-7-22-30-25(31-36-22)26(3,4)5/h9-12H,6-8,14-15H2,1-5H3,(H,29,33). The number of aromatic nitrogens is 3. The van der Waals surface area contributed by atoms with Gasteiger partial charge in [0, 0.05) is 30.5 Å². The largest absolute Gasteiger partial charge is 0.456 e. The van der Waals surface area contributed by atoms with Gasteiger partial charge in [0.1, 0.15) is 17.7 Å². The Balaban J connectivity index is 1.56. The van der Waals surface area contributed by atoms with Gasteiger partial charge in [-0.15, -0.1) is 0 Å². The van der Waals surface area contributed by atoms with Crippen molar-refractivity contribution < 1.29 is 23.2 Å². The Hall–Kier alpha value is -4.00. The Morgan fingerprint density at radius 3 is 2.53 bits per heavy atom. The van der Waals surface area contributed by atoms with Gasteiger partial charge < -0.3 is 19.1 Å². The lowest BCUT2D eigenvalue weighted by atomic mass is 9.96. The van der Waals surface area contributed by atoms with Gasteiger partial charge >= 0.3 is 5.97 Å². The van der Waals surface area contributed by atoms with Crippen LogP contribution in [0.15, 0.2) is 28.8 Å². The zero-order chi connectivity index (χ0) is 26.5. The van der Waals surface area contributed by atoms with E-state index in [0.29, 0.717) is 42.5 Å². The first-order chi connectivity index (χ1) is 17.0. The maximum atomic E-state index is 13.3. The van der Waals surface area contributed by atoms with Gasteiger partial charge in [-0.05, 0) is 43.5 Å². The monoisotopic (exact) mass is 495 g/mol. The molecule has 0 bridgehead atoms. The number of rotatable bonds is 9. The Bertz CT molecular complexity index is 1280. The first-order valence-corrected chi connectivity index (χ1v) is 11.6. The summed E-state index contributed by atoms with van der Waals surface area (Å²) in [6, 6.07) is 8.11. The number of carbonyl (C=O) groups is 2. The van der Waals surface area contributed by atoms with E-state index in [-0.39, 0.29) is 17.7 Å². The number of nitriles is 1. The van der Waals surface area contributed by atoms with Crippen molar-refractivity contribution in [3.63, 3.8) is 0 Å². The molecule has 3 aromatic rings. The molecule has 0 fully saturated rings. The van der Waals surface area contributed by atoms with Crippen LogP contribution in [0, 0.1) is 31.0 Å². The highest BCUT2D eigenvalue weighted by molar-refractivity contribution is 5.93. The minimum absolute atomic E-state index is 0.0864. The fourth-order valence-corrected chi connectivity index (χ4v) is 3.53. The topological polar surface area (TPSA) is 123 Å². The first-order valence-electron chi connectivity index (χ1n) is 11.6. The van der Waals surface area contributed by atoms with Gasteiger partial charge in [0.15, 0.2) is 12.4 Å². The molecule has 0 saturated heterocycles. The molecule has 0 radical (unpaired) electrons.